The number of rotatable bonds is 4. The predicted molar refractivity (Wildman–Crippen MR) is 129 cm³/mol. The van der Waals surface area contributed by atoms with E-state index in [1.54, 1.807) is 10.7 Å². The molecule has 10 heteroatoms. The van der Waals surface area contributed by atoms with Crippen molar-refractivity contribution in [2.75, 3.05) is 18.4 Å². The molecule has 3 heterocycles. The summed E-state index contributed by atoms with van der Waals surface area (Å²) >= 11 is 6.41. The first-order valence-corrected chi connectivity index (χ1v) is 12.1. The maximum atomic E-state index is 13.2. The topological polar surface area (TPSA) is 45.5 Å². The number of benzene rings is 1. The van der Waals surface area contributed by atoms with Gasteiger partial charge in [-0.15, -0.1) is 0 Å². The molecule has 2 aromatic heterocycles. The van der Waals surface area contributed by atoms with Crippen molar-refractivity contribution in [3.8, 4) is 11.3 Å². The Labute approximate surface area is 203 Å². The van der Waals surface area contributed by atoms with Gasteiger partial charge in [0.1, 0.15) is 13.7 Å². The number of alkyl halides is 3. The van der Waals surface area contributed by atoms with Gasteiger partial charge in [0.15, 0.2) is 5.65 Å². The van der Waals surface area contributed by atoms with Gasteiger partial charge in [0.05, 0.1) is 11.6 Å². The second-order valence-electron chi connectivity index (χ2n) is 9.36. The van der Waals surface area contributed by atoms with E-state index in [2.05, 4.69) is 20.3 Å². The van der Waals surface area contributed by atoms with E-state index in [0.717, 1.165) is 43.7 Å². The molecule has 178 valence electrons. The SMILES string of the molecule is [B]c1cnn2c(NC3CCN(C4CCCC(C(F)(F)F)C4)CC3)cc(-c3ccccc3Cl)nc12. The number of nitrogens with one attached hydrogen (secondary N) is 1. The van der Waals surface area contributed by atoms with Crippen LogP contribution in [0, 0.1) is 5.92 Å². The van der Waals surface area contributed by atoms with Gasteiger partial charge in [-0.25, -0.2) is 4.98 Å². The van der Waals surface area contributed by atoms with Crippen LogP contribution in [0.25, 0.3) is 16.9 Å². The van der Waals surface area contributed by atoms with Crippen molar-refractivity contribution in [1.29, 1.82) is 0 Å². The minimum absolute atomic E-state index is 0.0201. The summed E-state index contributed by atoms with van der Waals surface area (Å²) in [5, 5.41) is 8.55. The average Bonchev–Trinajstić information content (AvgIpc) is 3.20. The predicted octanol–water partition coefficient (Wildman–Crippen LogP) is 4.84. The van der Waals surface area contributed by atoms with Crippen molar-refractivity contribution >= 4 is 36.4 Å². The van der Waals surface area contributed by atoms with Crippen LogP contribution in [0.5, 0.6) is 0 Å². The Morgan fingerprint density at radius 1 is 1.09 bits per heavy atom. The van der Waals surface area contributed by atoms with Crippen LogP contribution in [-0.2, 0) is 0 Å². The minimum atomic E-state index is -4.09. The highest BCUT2D eigenvalue weighted by atomic mass is 35.5. The van der Waals surface area contributed by atoms with Gasteiger partial charge in [-0.1, -0.05) is 36.2 Å². The first-order valence-electron chi connectivity index (χ1n) is 11.8. The maximum Gasteiger partial charge on any atom is 0.391 e. The summed E-state index contributed by atoms with van der Waals surface area (Å²) in [7, 11) is 6.11. The molecule has 1 aromatic carbocycles. The molecule has 2 radical (unpaired) electrons. The Morgan fingerprint density at radius 2 is 1.85 bits per heavy atom. The van der Waals surface area contributed by atoms with Crippen LogP contribution in [0.4, 0.5) is 19.0 Å². The van der Waals surface area contributed by atoms with Crippen molar-refractivity contribution in [3.63, 3.8) is 0 Å². The Morgan fingerprint density at radius 3 is 2.59 bits per heavy atom. The molecule has 2 atom stereocenters. The molecule has 5 rings (SSSR count). The van der Waals surface area contributed by atoms with Gasteiger partial charge >= 0.3 is 6.18 Å². The standard InChI is InChI=1S/C24H26BClF3N5/c25-19-14-30-34-22(13-21(32-23(19)34)18-6-1-2-7-20(18)26)31-16-8-10-33(11-9-16)17-5-3-4-15(12-17)24(27,28)29/h1-2,6-7,13-17,31H,3-5,8-12H2. The first-order chi connectivity index (χ1) is 16.3. The molecule has 2 fully saturated rings. The maximum absolute atomic E-state index is 13.2. The number of hydrogen-bond acceptors (Lipinski definition) is 4. The summed E-state index contributed by atoms with van der Waals surface area (Å²) in [6, 6.07) is 9.62. The van der Waals surface area contributed by atoms with Crippen LogP contribution in [0.15, 0.2) is 36.5 Å². The first kappa shape index (κ1) is 23.5. The van der Waals surface area contributed by atoms with Gasteiger partial charge < -0.3 is 10.2 Å². The van der Waals surface area contributed by atoms with E-state index in [1.807, 2.05) is 30.3 Å². The number of piperidine rings is 1. The molecule has 0 amide bonds. The summed E-state index contributed by atoms with van der Waals surface area (Å²) in [6.45, 7) is 1.56. The second-order valence-corrected chi connectivity index (χ2v) is 9.76. The number of anilines is 1. The molecular weight excluding hydrogens is 462 g/mol. The summed E-state index contributed by atoms with van der Waals surface area (Å²) in [5.41, 5.74) is 2.54. The van der Waals surface area contributed by atoms with E-state index in [0.29, 0.717) is 28.2 Å². The molecule has 1 aliphatic heterocycles. The Hall–Kier alpha value is -2.26. The summed E-state index contributed by atoms with van der Waals surface area (Å²) in [6.07, 6.45) is 1.15. The number of nitrogens with zero attached hydrogens (tertiary/aromatic N) is 4. The Kier molecular flexibility index (Phi) is 6.50. The molecule has 1 saturated heterocycles. The van der Waals surface area contributed by atoms with Crippen LogP contribution >= 0.6 is 11.6 Å². The van der Waals surface area contributed by atoms with Crippen LogP contribution in [-0.4, -0.2) is 58.7 Å². The van der Waals surface area contributed by atoms with Crippen molar-refractivity contribution in [1.82, 2.24) is 19.5 Å². The number of halogens is 4. The van der Waals surface area contributed by atoms with Crippen LogP contribution in [0.1, 0.15) is 38.5 Å². The summed E-state index contributed by atoms with van der Waals surface area (Å²) in [4.78, 5) is 6.92. The third kappa shape index (κ3) is 4.77. The largest absolute Gasteiger partial charge is 0.391 e. The minimum Gasteiger partial charge on any atom is -0.367 e. The summed E-state index contributed by atoms with van der Waals surface area (Å²) in [5.74, 6) is -0.398. The third-order valence-corrected chi connectivity index (χ3v) is 7.49. The zero-order valence-corrected chi connectivity index (χ0v) is 19.5. The zero-order valence-electron chi connectivity index (χ0n) is 18.7. The van der Waals surface area contributed by atoms with E-state index in [9.17, 15) is 13.2 Å². The fourth-order valence-electron chi connectivity index (χ4n) is 5.30. The van der Waals surface area contributed by atoms with Crippen molar-refractivity contribution in [2.45, 2.75) is 56.8 Å². The van der Waals surface area contributed by atoms with Gasteiger partial charge in [0.2, 0.25) is 0 Å². The molecule has 0 spiro atoms. The normalized spacial score (nSPS) is 22.8. The molecule has 1 N–H and O–H groups in total. The van der Waals surface area contributed by atoms with Gasteiger partial charge in [-0.2, -0.15) is 22.8 Å². The lowest BCUT2D eigenvalue weighted by molar-refractivity contribution is -0.187. The van der Waals surface area contributed by atoms with Crippen LogP contribution < -0.4 is 10.8 Å². The van der Waals surface area contributed by atoms with Gasteiger partial charge in [0, 0.05) is 48.0 Å². The molecule has 34 heavy (non-hydrogen) atoms. The third-order valence-electron chi connectivity index (χ3n) is 7.16. The van der Waals surface area contributed by atoms with E-state index in [1.165, 1.54) is 0 Å². The molecule has 3 aromatic rings. The number of fused-ring (bicyclic) bond motifs is 1. The second kappa shape index (κ2) is 9.42. The van der Waals surface area contributed by atoms with Crippen molar-refractivity contribution in [3.05, 3.63) is 41.6 Å². The molecule has 1 saturated carbocycles. The average molecular weight is 488 g/mol. The molecule has 0 bridgehead atoms. The van der Waals surface area contributed by atoms with Gasteiger partial charge in [-0.05, 0) is 43.6 Å². The van der Waals surface area contributed by atoms with E-state index < -0.39 is 12.1 Å². The molecule has 2 aliphatic rings. The Bertz CT molecular complexity index is 1160. The molecule has 2 unspecified atom stereocenters. The quantitative estimate of drug-likeness (QED) is 0.535. The highest BCUT2D eigenvalue weighted by molar-refractivity contribution is 6.36. The van der Waals surface area contributed by atoms with Gasteiger partial charge in [0.25, 0.3) is 0 Å². The van der Waals surface area contributed by atoms with Crippen molar-refractivity contribution < 1.29 is 13.2 Å². The number of hydrogen-bond donors (Lipinski definition) is 1. The lowest BCUT2D eigenvalue weighted by atomic mass is 9.83. The van der Waals surface area contributed by atoms with Gasteiger partial charge in [-0.3, -0.25) is 0 Å². The van der Waals surface area contributed by atoms with Crippen LogP contribution in [0.3, 0.4) is 0 Å². The summed E-state index contributed by atoms with van der Waals surface area (Å²) < 4.78 is 41.4. The van der Waals surface area contributed by atoms with Crippen LogP contribution in [0.2, 0.25) is 5.02 Å². The lowest BCUT2D eigenvalue weighted by Gasteiger charge is -2.41. The fourth-order valence-corrected chi connectivity index (χ4v) is 5.53. The number of aromatic nitrogens is 3. The highest BCUT2D eigenvalue weighted by Gasteiger charge is 2.43. The van der Waals surface area contributed by atoms with E-state index in [4.69, 9.17) is 19.4 Å². The molecule has 1 aliphatic carbocycles. The molecular formula is C24H26BClF3N5. The molecule has 5 nitrogen and oxygen atoms in total. The van der Waals surface area contributed by atoms with E-state index in [-0.39, 0.29) is 24.9 Å². The van der Waals surface area contributed by atoms with Crippen molar-refractivity contribution in [2.24, 2.45) is 5.92 Å². The fraction of sp³-hybridized carbons (Fsp3) is 0.500. The number of likely N-dealkylation sites (tertiary alicyclic amines) is 1. The zero-order chi connectivity index (χ0) is 23.9. The van der Waals surface area contributed by atoms with E-state index >= 15 is 0 Å². The highest BCUT2D eigenvalue weighted by Crippen LogP contribution is 2.39. The Balaban J connectivity index is 1.31. The monoisotopic (exact) mass is 487 g/mol. The lowest BCUT2D eigenvalue weighted by Crippen LogP contribution is -2.47. The smallest absolute Gasteiger partial charge is 0.367 e.